The molecule has 2 aromatic carbocycles. The van der Waals surface area contributed by atoms with Gasteiger partial charge in [-0.2, -0.15) is 5.10 Å². The second-order valence-corrected chi connectivity index (χ2v) is 8.07. The highest BCUT2D eigenvalue weighted by atomic mass is 79.9. The molecule has 0 atom stereocenters. The molecule has 0 radical (unpaired) electrons. The number of nitrogens with one attached hydrogen (secondary N) is 1. The van der Waals surface area contributed by atoms with Gasteiger partial charge in [-0.1, -0.05) is 28.1 Å². The molecule has 0 bridgehead atoms. The number of nitrogens with zero attached hydrogens (tertiary/aromatic N) is 4. The average molecular weight is 512 g/mol. The quantitative estimate of drug-likeness (QED) is 0.395. The van der Waals surface area contributed by atoms with Crippen LogP contribution in [-0.2, 0) is 11.3 Å². The molecule has 170 valence electrons. The van der Waals surface area contributed by atoms with Gasteiger partial charge in [0.05, 0.1) is 43.5 Å². The summed E-state index contributed by atoms with van der Waals surface area (Å²) < 4.78 is 18.5. The van der Waals surface area contributed by atoms with Crippen LogP contribution in [0.5, 0.6) is 11.5 Å². The van der Waals surface area contributed by atoms with E-state index in [4.69, 9.17) is 14.2 Å². The Morgan fingerprint density at radius 1 is 1.06 bits per heavy atom. The molecule has 0 spiro atoms. The topological polar surface area (TPSA) is 99.9 Å². The van der Waals surface area contributed by atoms with E-state index in [2.05, 4.69) is 36.5 Å². The number of carbonyl (C=O) groups excluding carboxylic acids is 1. The number of hydrogen-bond acceptors (Lipinski definition) is 7. The minimum Gasteiger partial charge on any atom is -0.497 e. The fourth-order valence-electron chi connectivity index (χ4n) is 3.50. The maximum Gasteiger partial charge on any atom is 0.278 e. The van der Waals surface area contributed by atoms with E-state index in [0.717, 1.165) is 15.6 Å². The largest absolute Gasteiger partial charge is 0.497 e. The smallest absolute Gasteiger partial charge is 0.278 e. The molecule has 33 heavy (non-hydrogen) atoms. The van der Waals surface area contributed by atoms with E-state index in [1.807, 2.05) is 24.3 Å². The van der Waals surface area contributed by atoms with Crippen LogP contribution in [0, 0.1) is 6.92 Å². The van der Waals surface area contributed by atoms with Crippen LogP contribution in [0.2, 0.25) is 0 Å². The number of carbonyl (C=O) groups is 1. The summed E-state index contributed by atoms with van der Waals surface area (Å²) in [6.45, 7) is 2.06. The monoisotopic (exact) mass is 511 g/mol. The number of benzene rings is 2. The first-order valence-corrected chi connectivity index (χ1v) is 10.8. The van der Waals surface area contributed by atoms with Gasteiger partial charge >= 0.3 is 0 Å². The van der Waals surface area contributed by atoms with E-state index < -0.39 is 5.91 Å². The fourth-order valence-corrected chi connectivity index (χ4v) is 3.77. The highest BCUT2D eigenvalue weighted by Gasteiger charge is 2.22. The lowest BCUT2D eigenvalue weighted by Gasteiger charge is -2.12. The highest BCUT2D eigenvalue weighted by molar-refractivity contribution is 9.10. The van der Waals surface area contributed by atoms with Gasteiger partial charge in [-0.15, -0.1) is 10.2 Å². The van der Waals surface area contributed by atoms with Gasteiger partial charge in [-0.25, -0.2) is 4.52 Å². The number of aryl methyl sites for hydroxylation is 1. The summed E-state index contributed by atoms with van der Waals surface area (Å²) in [4.78, 5) is 13.1. The molecule has 0 aliphatic rings. The summed E-state index contributed by atoms with van der Waals surface area (Å²) in [5.41, 5.74) is 4.11. The van der Waals surface area contributed by atoms with Crippen molar-refractivity contribution in [3.63, 3.8) is 0 Å². The number of fused-ring (bicyclic) bond motifs is 1. The minimum absolute atomic E-state index is 0.140. The van der Waals surface area contributed by atoms with Crippen LogP contribution in [0.1, 0.15) is 21.9 Å². The molecule has 0 aliphatic carbocycles. The minimum atomic E-state index is -0.442. The summed E-state index contributed by atoms with van der Waals surface area (Å²) >= 11 is 3.46. The lowest BCUT2D eigenvalue weighted by molar-refractivity contribution is 0.101. The molecule has 0 saturated heterocycles. The first-order chi connectivity index (χ1) is 16.0. The van der Waals surface area contributed by atoms with Crippen LogP contribution in [0.4, 0.5) is 5.69 Å². The molecular weight excluding hydrogens is 490 g/mol. The molecule has 1 amide bonds. The highest BCUT2D eigenvalue weighted by Crippen LogP contribution is 2.31. The van der Waals surface area contributed by atoms with Crippen LogP contribution in [0.3, 0.4) is 0 Å². The first-order valence-electron chi connectivity index (χ1n) is 10.00. The zero-order valence-electron chi connectivity index (χ0n) is 18.5. The Balaban J connectivity index is 1.77. The number of methoxy groups -OCH3 is 3. The molecule has 0 saturated carbocycles. The normalized spacial score (nSPS) is 10.9. The standard InChI is InChI=1S/C23H22BrN5O4/c1-13-21(23(30)25-17-11-16(32-3)9-10-19(17)33-4)26-27-22-20(14-5-7-15(24)8-6-14)18(12-31-2)28-29(13)22/h5-11H,12H2,1-4H3,(H,25,30). The van der Waals surface area contributed by atoms with Crippen molar-refractivity contribution in [3.8, 4) is 22.6 Å². The van der Waals surface area contributed by atoms with Gasteiger partial charge in [-0.3, -0.25) is 4.79 Å². The summed E-state index contributed by atoms with van der Waals surface area (Å²) in [5, 5.41) is 16.1. The lowest BCUT2D eigenvalue weighted by atomic mass is 10.1. The maximum atomic E-state index is 13.1. The van der Waals surface area contributed by atoms with Crippen molar-refractivity contribution in [1.29, 1.82) is 0 Å². The Morgan fingerprint density at radius 3 is 2.48 bits per heavy atom. The van der Waals surface area contributed by atoms with E-state index in [0.29, 0.717) is 34.2 Å². The summed E-state index contributed by atoms with van der Waals surface area (Å²) in [6, 6.07) is 13.0. The van der Waals surface area contributed by atoms with Gasteiger partial charge < -0.3 is 19.5 Å². The third-order valence-corrected chi connectivity index (χ3v) is 5.65. The van der Waals surface area contributed by atoms with Crippen molar-refractivity contribution in [2.45, 2.75) is 13.5 Å². The third-order valence-electron chi connectivity index (χ3n) is 5.12. The second-order valence-electron chi connectivity index (χ2n) is 7.15. The summed E-state index contributed by atoms with van der Waals surface area (Å²) in [7, 11) is 4.68. The van der Waals surface area contributed by atoms with Gasteiger partial charge in [0.2, 0.25) is 0 Å². The van der Waals surface area contributed by atoms with Crippen molar-refractivity contribution in [1.82, 2.24) is 19.8 Å². The van der Waals surface area contributed by atoms with Crippen molar-refractivity contribution in [2.24, 2.45) is 0 Å². The number of amides is 1. The first kappa shape index (κ1) is 22.7. The maximum absolute atomic E-state index is 13.1. The fraction of sp³-hybridized carbons (Fsp3) is 0.217. The number of anilines is 1. The summed E-state index contributed by atoms with van der Waals surface area (Å²) in [6.07, 6.45) is 0. The number of ether oxygens (including phenoxy) is 3. The van der Waals surface area contributed by atoms with E-state index in [9.17, 15) is 4.79 Å². The van der Waals surface area contributed by atoms with Gasteiger partial charge in [0.15, 0.2) is 11.3 Å². The molecule has 1 N–H and O–H groups in total. The van der Waals surface area contributed by atoms with Crippen LogP contribution < -0.4 is 14.8 Å². The second kappa shape index (κ2) is 9.55. The van der Waals surface area contributed by atoms with Gasteiger partial charge in [0.1, 0.15) is 11.5 Å². The molecule has 2 heterocycles. The van der Waals surface area contributed by atoms with Gasteiger partial charge in [0, 0.05) is 17.6 Å². The molecular formula is C23H22BrN5O4. The van der Waals surface area contributed by atoms with Crippen LogP contribution in [0.25, 0.3) is 16.8 Å². The zero-order valence-corrected chi connectivity index (χ0v) is 20.1. The number of rotatable bonds is 7. The van der Waals surface area contributed by atoms with Crippen LogP contribution >= 0.6 is 15.9 Å². The van der Waals surface area contributed by atoms with E-state index >= 15 is 0 Å². The Labute approximate surface area is 198 Å². The molecule has 0 unspecified atom stereocenters. The number of halogens is 1. The van der Waals surface area contributed by atoms with Crippen molar-refractivity contribution < 1.29 is 19.0 Å². The molecule has 4 aromatic rings. The Bertz CT molecular complexity index is 1320. The summed E-state index contributed by atoms with van der Waals surface area (Å²) in [5.74, 6) is 0.636. The SMILES string of the molecule is COCc1nn2c(C)c(C(=O)Nc3cc(OC)ccc3OC)nnc2c1-c1ccc(Br)cc1. The predicted molar refractivity (Wildman–Crippen MR) is 127 cm³/mol. The van der Waals surface area contributed by atoms with Gasteiger partial charge in [0.25, 0.3) is 5.91 Å². The Hall–Kier alpha value is -3.50. The predicted octanol–water partition coefficient (Wildman–Crippen LogP) is 4.28. The van der Waals surface area contributed by atoms with E-state index in [-0.39, 0.29) is 12.3 Å². The number of hydrogen-bond donors (Lipinski definition) is 1. The molecule has 4 rings (SSSR count). The molecule has 0 aliphatic heterocycles. The van der Waals surface area contributed by atoms with E-state index in [1.165, 1.54) is 7.11 Å². The molecule has 9 nitrogen and oxygen atoms in total. The van der Waals surface area contributed by atoms with Crippen LogP contribution in [0.15, 0.2) is 46.9 Å². The molecule has 2 aromatic heterocycles. The van der Waals surface area contributed by atoms with Crippen LogP contribution in [-0.4, -0.2) is 47.0 Å². The number of aromatic nitrogens is 4. The Kier molecular flexibility index (Phi) is 6.57. The van der Waals surface area contributed by atoms with Crippen molar-refractivity contribution in [3.05, 3.63) is 64.0 Å². The van der Waals surface area contributed by atoms with Crippen molar-refractivity contribution in [2.75, 3.05) is 26.6 Å². The third kappa shape index (κ3) is 4.39. The zero-order chi connectivity index (χ0) is 23.5. The van der Waals surface area contributed by atoms with Gasteiger partial charge in [-0.05, 0) is 36.8 Å². The molecule has 10 heteroatoms. The lowest BCUT2D eigenvalue weighted by Crippen LogP contribution is -2.19. The van der Waals surface area contributed by atoms with E-state index in [1.54, 1.807) is 43.9 Å². The average Bonchev–Trinajstić information content (AvgIpc) is 3.19. The van der Waals surface area contributed by atoms with Crippen molar-refractivity contribution >= 4 is 33.2 Å². The molecule has 0 fully saturated rings. The Morgan fingerprint density at radius 2 is 1.82 bits per heavy atom.